The number of halogens is 1. The molecule has 1 N–H and O–H groups in total. The Kier molecular flexibility index (Phi) is 7.00. The molecule has 0 bridgehead atoms. The molecule has 5 heteroatoms. The summed E-state index contributed by atoms with van der Waals surface area (Å²) >= 11 is 6.45. The van der Waals surface area contributed by atoms with Crippen molar-refractivity contribution in [1.82, 2.24) is 15.1 Å². The van der Waals surface area contributed by atoms with Crippen molar-refractivity contribution in [2.45, 2.75) is 52.7 Å². The molecule has 2 atom stereocenters. The van der Waals surface area contributed by atoms with Gasteiger partial charge in [0.2, 0.25) is 0 Å². The van der Waals surface area contributed by atoms with Crippen LogP contribution in [0.2, 0.25) is 5.02 Å². The molecule has 1 aromatic heterocycles. The maximum atomic E-state index is 6.45. The topological polar surface area (TPSA) is 39.1 Å². The molecule has 0 aliphatic heterocycles. The molecule has 1 heterocycles. The van der Waals surface area contributed by atoms with Gasteiger partial charge in [-0.25, -0.2) is 0 Å². The zero-order valence-electron chi connectivity index (χ0n) is 13.5. The SMILES string of the molecule is CCNC(Cc1c(Cl)c(CC)nn1C)C(OC)C(C)C. The van der Waals surface area contributed by atoms with E-state index in [-0.39, 0.29) is 12.1 Å². The monoisotopic (exact) mass is 301 g/mol. The molecule has 0 aliphatic carbocycles. The van der Waals surface area contributed by atoms with Crippen molar-refractivity contribution in [3.63, 3.8) is 0 Å². The fourth-order valence-corrected chi connectivity index (χ4v) is 3.09. The molecule has 0 aliphatic rings. The van der Waals surface area contributed by atoms with Crippen molar-refractivity contribution in [2.24, 2.45) is 13.0 Å². The summed E-state index contributed by atoms with van der Waals surface area (Å²) in [7, 11) is 3.73. The van der Waals surface area contributed by atoms with E-state index in [2.05, 4.69) is 38.1 Å². The number of aryl methyl sites for hydroxylation is 2. The fourth-order valence-electron chi connectivity index (χ4n) is 2.72. The van der Waals surface area contributed by atoms with Crippen LogP contribution in [0.3, 0.4) is 0 Å². The third-order valence-electron chi connectivity index (χ3n) is 3.71. The molecular weight excluding hydrogens is 274 g/mol. The first-order valence-corrected chi connectivity index (χ1v) is 7.80. The van der Waals surface area contributed by atoms with Gasteiger partial charge in [0.05, 0.1) is 22.5 Å². The van der Waals surface area contributed by atoms with E-state index >= 15 is 0 Å². The molecule has 20 heavy (non-hydrogen) atoms. The van der Waals surface area contributed by atoms with Crippen LogP contribution in [0.1, 0.15) is 39.1 Å². The minimum atomic E-state index is 0.158. The quantitative estimate of drug-likeness (QED) is 0.802. The molecule has 0 amide bonds. The van der Waals surface area contributed by atoms with Crippen LogP contribution in [0.25, 0.3) is 0 Å². The Balaban J connectivity index is 2.98. The molecule has 116 valence electrons. The van der Waals surface area contributed by atoms with E-state index in [0.717, 1.165) is 35.8 Å². The second-order valence-electron chi connectivity index (χ2n) is 5.50. The minimum Gasteiger partial charge on any atom is -0.380 e. The first-order chi connectivity index (χ1) is 9.46. The number of likely N-dealkylation sites (N-methyl/N-ethyl adjacent to an activating group) is 1. The summed E-state index contributed by atoms with van der Waals surface area (Å²) in [5, 5.41) is 8.81. The highest BCUT2D eigenvalue weighted by Gasteiger charge is 2.26. The van der Waals surface area contributed by atoms with Gasteiger partial charge in [0.25, 0.3) is 0 Å². The first-order valence-electron chi connectivity index (χ1n) is 7.42. The number of hydrogen-bond donors (Lipinski definition) is 1. The molecule has 0 fully saturated rings. The third-order valence-corrected chi connectivity index (χ3v) is 4.14. The summed E-state index contributed by atoms with van der Waals surface area (Å²) in [6.45, 7) is 9.46. The molecule has 1 aromatic rings. The second-order valence-corrected chi connectivity index (χ2v) is 5.88. The van der Waals surface area contributed by atoms with Crippen molar-refractivity contribution < 1.29 is 4.74 Å². The van der Waals surface area contributed by atoms with E-state index < -0.39 is 0 Å². The van der Waals surface area contributed by atoms with Crippen molar-refractivity contribution >= 4 is 11.6 Å². The van der Waals surface area contributed by atoms with Crippen molar-refractivity contribution in [3.05, 3.63) is 16.4 Å². The Bertz CT molecular complexity index is 417. The predicted octanol–water partition coefficient (Wildman–Crippen LogP) is 2.83. The van der Waals surface area contributed by atoms with E-state index in [1.165, 1.54) is 0 Å². The van der Waals surface area contributed by atoms with Crippen molar-refractivity contribution in [2.75, 3.05) is 13.7 Å². The number of hydrogen-bond acceptors (Lipinski definition) is 3. The standard InChI is InChI=1S/C15H28ClN3O/c1-7-11-14(16)13(19(5)18-11)9-12(17-8-2)15(20-6)10(3)4/h10,12,15,17H,7-9H2,1-6H3. The Hall–Kier alpha value is -0.580. The molecule has 2 unspecified atom stereocenters. The van der Waals surface area contributed by atoms with Gasteiger partial charge in [0, 0.05) is 26.6 Å². The van der Waals surface area contributed by atoms with E-state index in [1.54, 1.807) is 7.11 Å². The zero-order chi connectivity index (χ0) is 15.3. The van der Waals surface area contributed by atoms with E-state index in [4.69, 9.17) is 16.3 Å². The van der Waals surface area contributed by atoms with Gasteiger partial charge in [0.15, 0.2) is 0 Å². The van der Waals surface area contributed by atoms with Gasteiger partial charge in [-0.15, -0.1) is 0 Å². The van der Waals surface area contributed by atoms with E-state index in [1.807, 2.05) is 11.7 Å². The number of nitrogens with zero attached hydrogens (tertiary/aromatic N) is 2. The summed E-state index contributed by atoms with van der Waals surface area (Å²) in [5.41, 5.74) is 2.05. The summed E-state index contributed by atoms with van der Waals surface area (Å²) < 4.78 is 7.58. The van der Waals surface area contributed by atoms with Crippen LogP contribution in [0.5, 0.6) is 0 Å². The van der Waals surface area contributed by atoms with Crippen LogP contribution in [0.4, 0.5) is 0 Å². The zero-order valence-corrected chi connectivity index (χ0v) is 14.3. The lowest BCUT2D eigenvalue weighted by Crippen LogP contribution is -2.45. The molecule has 0 radical (unpaired) electrons. The van der Waals surface area contributed by atoms with Gasteiger partial charge in [-0.1, -0.05) is 39.3 Å². The molecular formula is C15H28ClN3O. The first kappa shape index (κ1) is 17.5. The molecule has 0 aromatic carbocycles. The maximum Gasteiger partial charge on any atom is 0.0850 e. The van der Waals surface area contributed by atoms with Gasteiger partial charge in [-0.05, 0) is 18.9 Å². The highest BCUT2D eigenvalue weighted by Crippen LogP contribution is 2.24. The van der Waals surface area contributed by atoms with Crippen molar-refractivity contribution in [1.29, 1.82) is 0 Å². The van der Waals surface area contributed by atoms with Gasteiger partial charge in [0.1, 0.15) is 0 Å². The average molecular weight is 302 g/mol. The largest absolute Gasteiger partial charge is 0.380 e. The van der Waals surface area contributed by atoms with Crippen molar-refractivity contribution in [3.8, 4) is 0 Å². The Morgan fingerprint density at radius 1 is 1.35 bits per heavy atom. The second kappa shape index (κ2) is 8.01. The number of ether oxygens (including phenoxy) is 1. The van der Waals surface area contributed by atoms with Crippen LogP contribution in [0.15, 0.2) is 0 Å². The molecule has 1 rings (SSSR count). The fraction of sp³-hybridized carbons (Fsp3) is 0.800. The van der Waals surface area contributed by atoms with Crippen LogP contribution in [-0.2, 0) is 24.6 Å². The van der Waals surface area contributed by atoms with Crippen LogP contribution >= 0.6 is 11.6 Å². The predicted molar refractivity (Wildman–Crippen MR) is 84.4 cm³/mol. The smallest absolute Gasteiger partial charge is 0.0850 e. The lowest BCUT2D eigenvalue weighted by atomic mass is 9.95. The van der Waals surface area contributed by atoms with Crippen LogP contribution < -0.4 is 5.32 Å². The molecule has 0 saturated carbocycles. The number of nitrogens with one attached hydrogen (secondary N) is 1. The van der Waals surface area contributed by atoms with Crippen LogP contribution in [-0.4, -0.2) is 35.6 Å². The summed E-state index contributed by atoms with van der Waals surface area (Å²) in [4.78, 5) is 0. The minimum absolute atomic E-state index is 0.158. The molecule has 0 saturated heterocycles. The van der Waals surface area contributed by atoms with E-state index in [9.17, 15) is 0 Å². The number of aromatic nitrogens is 2. The number of methoxy groups -OCH3 is 1. The van der Waals surface area contributed by atoms with Crippen LogP contribution in [0, 0.1) is 5.92 Å². The summed E-state index contributed by atoms with van der Waals surface area (Å²) in [5.74, 6) is 0.446. The maximum absolute atomic E-state index is 6.45. The Morgan fingerprint density at radius 2 is 2.00 bits per heavy atom. The van der Waals surface area contributed by atoms with Gasteiger partial charge in [-0.2, -0.15) is 5.10 Å². The lowest BCUT2D eigenvalue weighted by Gasteiger charge is -2.29. The normalized spacial score (nSPS) is 14.8. The highest BCUT2D eigenvalue weighted by molar-refractivity contribution is 6.31. The molecule has 4 nitrogen and oxygen atoms in total. The lowest BCUT2D eigenvalue weighted by molar-refractivity contribution is 0.0332. The van der Waals surface area contributed by atoms with Gasteiger partial charge < -0.3 is 10.1 Å². The Labute approximate surface area is 127 Å². The summed E-state index contributed by atoms with van der Waals surface area (Å²) in [6, 6.07) is 0.239. The number of rotatable bonds is 8. The third kappa shape index (κ3) is 3.96. The Morgan fingerprint density at radius 3 is 2.40 bits per heavy atom. The van der Waals surface area contributed by atoms with E-state index in [0.29, 0.717) is 5.92 Å². The summed E-state index contributed by atoms with van der Waals surface area (Å²) in [6.07, 6.45) is 1.84. The highest BCUT2D eigenvalue weighted by atomic mass is 35.5. The van der Waals surface area contributed by atoms with Gasteiger partial charge >= 0.3 is 0 Å². The van der Waals surface area contributed by atoms with Gasteiger partial charge in [-0.3, -0.25) is 4.68 Å². The molecule has 0 spiro atoms. The average Bonchev–Trinajstić information content (AvgIpc) is 2.66.